The van der Waals surface area contributed by atoms with Gasteiger partial charge in [0.05, 0.1) is 11.1 Å². The molecule has 0 aliphatic carbocycles. The molecule has 30 heavy (non-hydrogen) atoms. The molecule has 2 atom stereocenters. The van der Waals surface area contributed by atoms with Gasteiger partial charge in [-0.3, -0.25) is 24.1 Å². The van der Waals surface area contributed by atoms with Crippen LogP contribution in [0.2, 0.25) is 0 Å². The number of imide groups is 1. The Labute approximate surface area is 175 Å². The number of carbonyl (C=O) groups is 4. The second-order valence-electron chi connectivity index (χ2n) is 7.45. The van der Waals surface area contributed by atoms with Crippen molar-refractivity contribution in [2.75, 3.05) is 5.32 Å². The molecule has 0 radical (unpaired) electrons. The average Bonchev–Trinajstić information content (AvgIpc) is 2.98. The predicted octanol–water partition coefficient (Wildman–Crippen LogP) is 2.97. The van der Waals surface area contributed by atoms with Gasteiger partial charge in [-0.1, -0.05) is 44.5 Å². The van der Waals surface area contributed by atoms with E-state index in [2.05, 4.69) is 10.6 Å². The number of anilines is 1. The quantitative estimate of drug-likeness (QED) is 0.690. The largest absolute Gasteiger partial charge is 0.350 e. The molecule has 0 spiro atoms. The summed E-state index contributed by atoms with van der Waals surface area (Å²) in [5, 5.41) is 5.53. The first-order valence-electron chi connectivity index (χ1n) is 9.94. The Morgan fingerprint density at radius 3 is 2.03 bits per heavy atom. The van der Waals surface area contributed by atoms with Gasteiger partial charge in [-0.05, 0) is 35.7 Å². The molecular weight excluding hydrogens is 382 g/mol. The molecule has 2 aromatic rings. The number of hydrogen-bond acceptors (Lipinski definition) is 4. The lowest BCUT2D eigenvalue weighted by Gasteiger charge is -2.29. The van der Waals surface area contributed by atoms with Gasteiger partial charge in [-0.25, -0.2) is 0 Å². The van der Waals surface area contributed by atoms with Crippen LogP contribution in [0.5, 0.6) is 0 Å². The molecule has 0 fully saturated rings. The first kappa shape index (κ1) is 21.2. The van der Waals surface area contributed by atoms with E-state index in [1.165, 1.54) is 6.92 Å². The lowest BCUT2D eigenvalue weighted by atomic mass is 9.96. The number of benzene rings is 2. The van der Waals surface area contributed by atoms with E-state index in [0.29, 0.717) is 23.2 Å². The van der Waals surface area contributed by atoms with Crippen LogP contribution in [0.4, 0.5) is 5.69 Å². The zero-order valence-corrected chi connectivity index (χ0v) is 17.3. The van der Waals surface area contributed by atoms with Gasteiger partial charge in [-0.15, -0.1) is 0 Å². The summed E-state index contributed by atoms with van der Waals surface area (Å²) in [5.74, 6) is -1.60. The summed E-state index contributed by atoms with van der Waals surface area (Å²) in [6.07, 6.45) is 0.636. The zero-order valence-electron chi connectivity index (χ0n) is 17.3. The van der Waals surface area contributed by atoms with Gasteiger partial charge < -0.3 is 10.6 Å². The minimum Gasteiger partial charge on any atom is -0.350 e. The Morgan fingerprint density at radius 1 is 0.967 bits per heavy atom. The van der Waals surface area contributed by atoms with Crippen LogP contribution in [-0.2, 0) is 16.1 Å². The molecule has 0 saturated carbocycles. The smallest absolute Gasteiger partial charge is 0.262 e. The van der Waals surface area contributed by atoms with E-state index in [-0.39, 0.29) is 24.3 Å². The molecule has 0 aromatic heterocycles. The predicted molar refractivity (Wildman–Crippen MR) is 113 cm³/mol. The molecule has 3 rings (SSSR count). The number of rotatable bonds is 7. The minimum atomic E-state index is -0.888. The lowest BCUT2D eigenvalue weighted by molar-refractivity contribution is -0.126. The van der Waals surface area contributed by atoms with Gasteiger partial charge in [-0.2, -0.15) is 0 Å². The van der Waals surface area contributed by atoms with Crippen LogP contribution in [0.15, 0.2) is 48.5 Å². The van der Waals surface area contributed by atoms with Crippen molar-refractivity contribution in [3.8, 4) is 0 Å². The molecule has 2 aromatic carbocycles. The van der Waals surface area contributed by atoms with Crippen molar-refractivity contribution in [3.05, 3.63) is 65.2 Å². The number of carbonyl (C=O) groups excluding carboxylic acids is 4. The SMILES string of the molecule is CCC(C)C(C(=O)NCc1ccc(NC(C)=O)cc1)N1C(=O)c2ccccc2C1=O. The van der Waals surface area contributed by atoms with Crippen LogP contribution in [0.1, 0.15) is 53.5 Å². The topological polar surface area (TPSA) is 95.6 Å². The van der Waals surface area contributed by atoms with Crippen molar-refractivity contribution < 1.29 is 19.2 Å². The number of nitrogens with one attached hydrogen (secondary N) is 2. The number of fused-ring (bicyclic) bond motifs is 1. The molecule has 0 saturated heterocycles. The van der Waals surface area contributed by atoms with E-state index in [9.17, 15) is 19.2 Å². The Morgan fingerprint density at radius 2 is 1.53 bits per heavy atom. The molecule has 2 unspecified atom stereocenters. The monoisotopic (exact) mass is 407 g/mol. The maximum Gasteiger partial charge on any atom is 0.262 e. The number of amides is 4. The van der Waals surface area contributed by atoms with E-state index in [0.717, 1.165) is 10.5 Å². The van der Waals surface area contributed by atoms with Gasteiger partial charge in [0.2, 0.25) is 11.8 Å². The van der Waals surface area contributed by atoms with Crippen molar-refractivity contribution in [3.63, 3.8) is 0 Å². The fourth-order valence-electron chi connectivity index (χ4n) is 3.52. The van der Waals surface area contributed by atoms with Crippen molar-refractivity contribution in [2.45, 2.75) is 39.8 Å². The summed E-state index contributed by atoms with van der Waals surface area (Å²) in [7, 11) is 0. The highest BCUT2D eigenvalue weighted by Gasteiger charge is 2.44. The molecule has 0 bridgehead atoms. The Hall–Kier alpha value is -3.48. The maximum absolute atomic E-state index is 13.0. The van der Waals surface area contributed by atoms with Crippen molar-refractivity contribution >= 4 is 29.3 Å². The van der Waals surface area contributed by atoms with E-state index < -0.39 is 17.9 Å². The van der Waals surface area contributed by atoms with Crippen LogP contribution in [0, 0.1) is 5.92 Å². The normalized spacial score (nSPS) is 14.8. The molecule has 1 heterocycles. The Kier molecular flexibility index (Phi) is 6.30. The molecule has 7 heteroatoms. The maximum atomic E-state index is 13.0. The minimum absolute atomic E-state index is 0.159. The first-order chi connectivity index (χ1) is 14.3. The standard InChI is InChI=1S/C23H25N3O4/c1-4-14(2)20(26-22(29)18-7-5-6-8-19(18)23(26)30)21(28)24-13-16-9-11-17(12-10-16)25-15(3)27/h5-12,14,20H,4,13H2,1-3H3,(H,24,28)(H,25,27). The van der Waals surface area contributed by atoms with Gasteiger partial charge in [0, 0.05) is 19.2 Å². The fourth-order valence-corrected chi connectivity index (χ4v) is 3.52. The van der Waals surface area contributed by atoms with Crippen molar-refractivity contribution in [1.82, 2.24) is 10.2 Å². The van der Waals surface area contributed by atoms with E-state index in [1.807, 2.05) is 13.8 Å². The Balaban J connectivity index is 1.75. The average molecular weight is 407 g/mol. The van der Waals surface area contributed by atoms with Crippen molar-refractivity contribution in [1.29, 1.82) is 0 Å². The summed E-state index contributed by atoms with van der Waals surface area (Å²) in [5.41, 5.74) is 2.16. The van der Waals surface area contributed by atoms with E-state index in [1.54, 1.807) is 48.5 Å². The van der Waals surface area contributed by atoms with Crippen LogP contribution in [-0.4, -0.2) is 34.6 Å². The fraction of sp³-hybridized carbons (Fsp3) is 0.304. The molecule has 2 N–H and O–H groups in total. The first-order valence-corrected chi connectivity index (χ1v) is 9.94. The van der Waals surface area contributed by atoms with Crippen LogP contribution in [0.25, 0.3) is 0 Å². The molecule has 1 aliphatic rings. The number of nitrogens with zero attached hydrogens (tertiary/aromatic N) is 1. The summed E-state index contributed by atoms with van der Waals surface area (Å²) < 4.78 is 0. The zero-order chi connectivity index (χ0) is 21.8. The molecule has 1 aliphatic heterocycles. The third kappa shape index (κ3) is 4.25. The third-order valence-electron chi connectivity index (χ3n) is 5.30. The highest BCUT2D eigenvalue weighted by atomic mass is 16.2. The van der Waals surface area contributed by atoms with Gasteiger partial charge in [0.25, 0.3) is 11.8 Å². The molecule has 156 valence electrons. The highest BCUT2D eigenvalue weighted by molar-refractivity contribution is 6.22. The number of hydrogen-bond donors (Lipinski definition) is 2. The summed E-state index contributed by atoms with van der Waals surface area (Å²) >= 11 is 0. The van der Waals surface area contributed by atoms with Gasteiger partial charge in [0.15, 0.2) is 0 Å². The highest BCUT2D eigenvalue weighted by Crippen LogP contribution is 2.28. The van der Waals surface area contributed by atoms with Gasteiger partial charge >= 0.3 is 0 Å². The summed E-state index contributed by atoms with van der Waals surface area (Å²) in [6, 6.07) is 12.8. The van der Waals surface area contributed by atoms with Crippen LogP contribution < -0.4 is 10.6 Å². The second-order valence-corrected chi connectivity index (χ2v) is 7.45. The Bertz CT molecular complexity index is 949. The van der Waals surface area contributed by atoms with Crippen molar-refractivity contribution in [2.24, 2.45) is 5.92 Å². The molecular formula is C23H25N3O4. The third-order valence-corrected chi connectivity index (χ3v) is 5.30. The second kappa shape index (κ2) is 8.90. The molecule has 7 nitrogen and oxygen atoms in total. The van der Waals surface area contributed by atoms with E-state index >= 15 is 0 Å². The van der Waals surface area contributed by atoms with Crippen LogP contribution in [0.3, 0.4) is 0 Å². The molecule has 4 amide bonds. The van der Waals surface area contributed by atoms with Crippen LogP contribution >= 0.6 is 0 Å². The summed E-state index contributed by atoms with van der Waals surface area (Å²) in [6.45, 7) is 5.46. The lowest BCUT2D eigenvalue weighted by Crippen LogP contribution is -2.52. The van der Waals surface area contributed by atoms with E-state index in [4.69, 9.17) is 0 Å². The van der Waals surface area contributed by atoms with Gasteiger partial charge in [0.1, 0.15) is 6.04 Å². The summed E-state index contributed by atoms with van der Waals surface area (Å²) in [4.78, 5) is 51.0.